The lowest BCUT2D eigenvalue weighted by atomic mass is 10.2. The summed E-state index contributed by atoms with van der Waals surface area (Å²) in [5, 5.41) is 15.3. The first-order valence-corrected chi connectivity index (χ1v) is 6.49. The Morgan fingerprint density at radius 2 is 1.90 bits per heavy atom. The summed E-state index contributed by atoms with van der Waals surface area (Å²) < 4.78 is 0. The highest BCUT2D eigenvalue weighted by Gasteiger charge is 2.09. The van der Waals surface area contributed by atoms with Crippen molar-refractivity contribution in [3.63, 3.8) is 0 Å². The van der Waals surface area contributed by atoms with E-state index in [1.165, 1.54) is 0 Å². The van der Waals surface area contributed by atoms with Crippen LogP contribution in [0.1, 0.15) is 5.56 Å². The van der Waals surface area contributed by atoms with Crippen LogP contribution in [-0.2, 0) is 0 Å². The van der Waals surface area contributed by atoms with Gasteiger partial charge in [-0.05, 0) is 18.2 Å². The first kappa shape index (κ1) is 14.8. The van der Waals surface area contributed by atoms with Gasteiger partial charge in [-0.2, -0.15) is 20.2 Å². The van der Waals surface area contributed by atoms with Crippen molar-refractivity contribution in [3.8, 4) is 6.07 Å². The van der Waals surface area contributed by atoms with Crippen LogP contribution in [0.25, 0.3) is 0 Å². The second kappa shape index (κ2) is 6.24. The number of nitrogens with one attached hydrogen (secondary N) is 2. The topological polar surface area (TPSA) is 89.8 Å². The van der Waals surface area contributed by atoms with E-state index in [0.717, 1.165) is 0 Å². The predicted molar refractivity (Wildman–Crippen MR) is 83.2 cm³/mol. The number of nitrogens with zero attached hydrogens (tertiary/aromatic N) is 5. The average Bonchev–Trinajstić information content (AvgIpc) is 2.49. The van der Waals surface area contributed by atoms with Crippen molar-refractivity contribution in [1.29, 1.82) is 5.26 Å². The Labute approximate surface area is 127 Å². The molecule has 0 amide bonds. The molecule has 0 aliphatic heterocycles. The fourth-order valence-corrected chi connectivity index (χ4v) is 1.71. The molecule has 21 heavy (non-hydrogen) atoms. The highest BCUT2D eigenvalue weighted by atomic mass is 35.5. The van der Waals surface area contributed by atoms with E-state index in [9.17, 15) is 0 Å². The smallest absolute Gasteiger partial charge is 0.233 e. The van der Waals surface area contributed by atoms with E-state index in [2.05, 4.69) is 31.7 Å². The highest BCUT2D eigenvalue weighted by molar-refractivity contribution is 6.33. The normalized spacial score (nSPS) is 9.86. The Morgan fingerprint density at radius 3 is 2.52 bits per heavy atom. The third-order valence-electron chi connectivity index (χ3n) is 2.59. The Morgan fingerprint density at radius 1 is 1.19 bits per heavy atom. The number of halogens is 1. The van der Waals surface area contributed by atoms with Crippen LogP contribution in [0.3, 0.4) is 0 Å². The fourth-order valence-electron chi connectivity index (χ4n) is 1.54. The maximum Gasteiger partial charge on any atom is 0.233 e. The van der Waals surface area contributed by atoms with Crippen LogP contribution in [0.15, 0.2) is 18.2 Å². The highest BCUT2D eigenvalue weighted by Crippen LogP contribution is 2.25. The number of hydrogen-bond donors (Lipinski definition) is 2. The van der Waals surface area contributed by atoms with E-state index < -0.39 is 0 Å². The van der Waals surface area contributed by atoms with Gasteiger partial charge in [0.1, 0.15) is 0 Å². The Kier molecular flexibility index (Phi) is 4.40. The minimum atomic E-state index is 0.343. The van der Waals surface area contributed by atoms with Crippen molar-refractivity contribution in [2.24, 2.45) is 0 Å². The maximum atomic E-state index is 8.94. The number of aromatic nitrogens is 3. The summed E-state index contributed by atoms with van der Waals surface area (Å²) in [5.41, 5.74) is 1.06. The molecule has 0 spiro atoms. The maximum absolute atomic E-state index is 8.94. The lowest BCUT2D eigenvalue weighted by molar-refractivity contribution is 0.963. The van der Waals surface area contributed by atoms with Crippen molar-refractivity contribution in [1.82, 2.24) is 15.0 Å². The lowest BCUT2D eigenvalue weighted by Crippen LogP contribution is -2.15. The summed E-state index contributed by atoms with van der Waals surface area (Å²) in [6.45, 7) is 0. The summed E-state index contributed by atoms with van der Waals surface area (Å²) >= 11 is 6.11. The zero-order valence-electron chi connectivity index (χ0n) is 11.8. The van der Waals surface area contributed by atoms with E-state index in [4.69, 9.17) is 16.9 Å². The molecular formula is C13H14ClN7. The molecule has 0 saturated heterocycles. The summed E-state index contributed by atoms with van der Waals surface area (Å²) in [4.78, 5) is 14.5. The molecule has 0 saturated carbocycles. The Balaban J connectivity index is 2.39. The largest absolute Gasteiger partial charge is 0.357 e. The average molecular weight is 304 g/mol. The molecule has 2 rings (SSSR count). The van der Waals surface area contributed by atoms with Gasteiger partial charge in [-0.3, -0.25) is 0 Å². The van der Waals surface area contributed by atoms with Crippen LogP contribution < -0.4 is 15.5 Å². The molecule has 0 atom stereocenters. The molecule has 8 heteroatoms. The second-order valence-corrected chi connectivity index (χ2v) is 4.77. The van der Waals surface area contributed by atoms with Crippen LogP contribution in [0.4, 0.5) is 23.5 Å². The van der Waals surface area contributed by atoms with E-state index in [-0.39, 0.29) is 0 Å². The predicted octanol–water partition coefficient (Wildman–Crippen LogP) is 2.25. The van der Waals surface area contributed by atoms with E-state index in [1.807, 2.05) is 14.1 Å². The van der Waals surface area contributed by atoms with Gasteiger partial charge in [-0.25, -0.2) is 0 Å². The molecule has 1 aromatic heterocycles. The summed E-state index contributed by atoms with van der Waals surface area (Å²) in [5.74, 6) is 1.28. The van der Waals surface area contributed by atoms with Gasteiger partial charge in [-0.15, -0.1) is 0 Å². The first-order chi connectivity index (χ1) is 10.0. The van der Waals surface area contributed by atoms with Crippen molar-refractivity contribution < 1.29 is 0 Å². The van der Waals surface area contributed by atoms with Gasteiger partial charge >= 0.3 is 0 Å². The van der Waals surface area contributed by atoms with Gasteiger partial charge in [0.2, 0.25) is 17.8 Å². The third-order valence-corrected chi connectivity index (χ3v) is 2.92. The Hall–Kier alpha value is -2.59. The summed E-state index contributed by atoms with van der Waals surface area (Å²) in [6, 6.07) is 6.99. The van der Waals surface area contributed by atoms with Gasteiger partial charge < -0.3 is 15.5 Å². The zero-order chi connectivity index (χ0) is 15.4. The molecule has 0 radical (unpaired) electrons. The molecular weight excluding hydrogens is 290 g/mol. The minimum Gasteiger partial charge on any atom is -0.357 e. The Bertz CT molecular complexity index is 693. The van der Waals surface area contributed by atoms with E-state index in [1.54, 1.807) is 30.1 Å². The summed E-state index contributed by atoms with van der Waals surface area (Å²) in [7, 11) is 5.39. The van der Waals surface area contributed by atoms with Crippen LogP contribution >= 0.6 is 11.6 Å². The second-order valence-electron chi connectivity index (χ2n) is 4.36. The van der Waals surface area contributed by atoms with Crippen molar-refractivity contribution in [3.05, 3.63) is 28.8 Å². The van der Waals surface area contributed by atoms with Gasteiger partial charge in [0.25, 0.3) is 0 Å². The SMILES string of the molecule is CNc1nc(Nc2cc(C#N)ccc2Cl)nc(N(C)C)n1. The molecule has 0 fully saturated rings. The molecule has 1 heterocycles. The molecule has 108 valence electrons. The monoisotopic (exact) mass is 303 g/mol. The van der Waals surface area contributed by atoms with Gasteiger partial charge in [-0.1, -0.05) is 11.6 Å². The van der Waals surface area contributed by atoms with Crippen molar-refractivity contribution in [2.75, 3.05) is 36.7 Å². The molecule has 0 unspecified atom stereocenters. The van der Waals surface area contributed by atoms with Gasteiger partial charge in [0.15, 0.2) is 0 Å². The standard InChI is InChI=1S/C13H14ClN7/c1-16-11-18-12(20-13(19-11)21(2)3)17-10-6-8(7-15)4-5-9(10)14/h4-6H,1-3H3,(H2,16,17,18,19,20). The molecule has 7 nitrogen and oxygen atoms in total. The van der Waals surface area contributed by atoms with E-state index >= 15 is 0 Å². The lowest BCUT2D eigenvalue weighted by Gasteiger charge is -2.13. The first-order valence-electron chi connectivity index (χ1n) is 6.11. The molecule has 0 bridgehead atoms. The number of rotatable bonds is 4. The van der Waals surface area contributed by atoms with E-state index in [0.29, 0.717) is 34.1 Å². The summed E-state index contributed by atoms with van der Waals surface area (Å²) in [6.07, 6.45) is 0. The van der Waals surface area contributed by atoms with Crippen molar-refractivity contribution >= 4 is 35.1 Å². The molecule has 2 N–H and O–H groups in total. The fraction of sp³-hybridized carbons (Fsp3) is 0.231. The molecule has 1 aromatic carbocycles. The minimum absolute atomic E-state index is 0.343. The number of nitriles is 1. The molecule has 2 aromatic rings. The number of benzene rings is 1. The third kappa shape index (κ3) is 3.49. The number of anilines is 4. The van der Waals surface area contributed by atoms with Crippen LogP contribution in [0, 0.1) is 11.3 Å². The van der Waals surface area contributed by atoms with Gasteiger partial charge in [0.05, 0.1) is 22.3 Å². The molecule has 0 aliphatic rings. The molecule has 0 aliphatic carbocycles. The number of hydrogen-bond acceptors (Lipinski definition) is 7. The van der Waals surface area contributed by atoms with Crippen LogP contribution in [0.5, 0.6) is 0 Å². The zero-order valence-corrected chi connectivity index (χ0v) is 12.6. The van der Waals surface area contributed by atoms with Gasteiger partial charge in [0, 0.05) is 21.1 Å². The van der Waals surface area contributed by atoms with Crippen LogP contribution in [-0.4, -0.2) is 36.1 Å². The van der Waals surface area contributed by atoms with Crippen LogP contribution in [0.2, 0.25) is 5.02 Å². The van der Waals surface area contributed by atoms with Crippen molar-refractivity contribution in [2.45, 2.75) is 0 Å². The quantitative estimate of drug-likeness (QED) is 0.895.